The minimum atomic E-state index is -1.02. The lowest BCUT2D eigenvalue weighted by atomic mass is 10.1. The van der Waals surface area contributed by atoms with Gasteiger partial charge in [0.05, 0.1) is 17.3 Å². The Balaban J connectivity index is 2.04. The van der Waals surface area contributed by atoms with E-state index in [9.17, 15) is 14.4 Å². The number of aryl methyl sites for hydroxylation is 1. The molecule has 2 N–H and O–H groups in total. The fourth-order valence-electron chi connectivity index (χ4n) is 2.58. The van der Waals surface area contributed by atoms with E-state index in [2.05, 4.69) is 5.32 Å². The maximum Gasteiger partial charge on any atom is 0.305 e. The molecule has 0 unspecified atom stereocenters. The zero-order valence-corrected chi connectivity index (χ0v) is 13.0. The standard InChI is InChI=1S/C16H16N2O6/c1-2-18-7-10(16(22)17-4-3-14(19)20)15(21)9-5-12-13(6-11(9)18)24-8-23-12/h5-7H,2-4,8H2,1H3,(H,17,22)(H,19,20). The second-order valence-electron chi connectivity index (χ2n) is 5.28. The van der Waals surface area contributed by atoms with E-state index >= 15 is 0 Å². The Labute approximate surface area is 136 Å². The van der Waals surface area contributed by atoms with Gasteiger partial charge in [-0.15, -0.1) is 0 Å². The number of ether oxygens (including phenoxy) is 2. The summed E-state index contributed by atoms with van der Waals surface area (Å²) in [5.74, 6) is -0.594. The first kappa shape index (κ1) is 15.9. The van der Waals surface area contributed by atoms with Crippen LogP contribution in [0, 0.1) is 0 Å². The molecule has 2 heterocycles. The number of hydrogen-bond donors (Lipinski definition) is 2. The largest absolute Gasteiger partial charge is 0.481 e. The third kappa shape index (κ3) is 2.78. The van der Waals surface area contributed by atoms with E-state index < -0.39 is 17.3 Å². The summed E-state index contributed by atoms with van der Waals surface area (Å²) in [6, 6.07) is 3.29. The minimum absolute atomic E-state index is 0.0337. The summed E-state index contributed by atoms with van der Waals surface area (Å²) in [5, 5.41) is 11.4. The molecule has 0 aliphatic carbocycles. The van der Waals surface area contributed by atoms with Gasteiger partial charge in [0, 0.05) is 25.4 Å². The Morgan fingerprint density at radius 2 is 2.00 bits per heavy atom. The van der Waals surface area contributed by atoms with Crippen LogP contribution in [-0.2, 0) is 11.3 Å². The smallest absolute Gasteiger partial charge is 0.305 e. The van der Waals surface area contributed by atoms with Crippen molar-refractivity contribution in [2.24, 2.45) is 0 Å². The maximum atomic E-state index is 12.6. The van der Waals surface area contributed by atoms with Crippen molar-refractivity contribution in [2.75, 3.05) is 13.3 Å². The Morgan fingerprint density at radius 3 is 2.67 bits per heavy atom. The van der Waals surface area contributed by atoms with Crippen molar-refractivity contribution in [3.05, 3.63) is 34.1 Å². The number of rotatable bonds is 5. The molecule has 0 radical (unpaired) electrons. The van der Waals surface area contributed by atoms with Crippen LogP contribution >= 0.6 is 0 Å². The molecule has 8 nitrogen and oxygen atoms in total. The molecule has 0 fully saturated rings. The molecule has 1 aliphatic rings. The number of amides is 1. The van der Waals surface area contributed by atoms with Crippen LogP contribution in [0.3, 0.4) is 0 Å². The quantitative estimate of drug-likeness (QED) is 0.844. The number of benzene rings is 1. The van der Waals surface area contributed by atoms with Gasteiger partial charge in [0.25, 0.3) is 5.91 Å². The second kappa shape index (κ2) is 6.23. The maximum absolute atomic E-state index is 12.6. The average molecular weight is 332 g/mol. The molecule has 1 amide bonds. The third-order valence-corrected chi connectivity index (χ3v) is 3.78. The van der Waals surface area contributed by atoms with Crippen LogP contribution in [0.4, 0.5) is 0 Å². The Kier molecular flexibility index (Phi) is 4.11. The van der Waals surface area contributed by atoms with Crippen molar-refractivity contribution in [2.45, 2.75) is 19.9 Å². The SMILES string of the molecule is CCn1cc(C(=O)NCCC(=O)O)c(=O)c2cc3c(cc21)OCO3. The molecule has 0 bridgehead atoms. The summed E-state index contributed by atoms with van der Waals surface area (Å²) in [6.45, 7) is 2.49. The molecule has 0 spiro atoms. The number of nitrogens with one attached hydrogen (secondary N) is 1. The van der Waals surface area contributed by atoms with E-state index in [0.29, 0.717) is 28.9 Å². The minimum Gasteiger partial charge on any atom is -0.481 e. The zero-order valence-electron chi connectivity index (χ0n) is 13.0. The number of carbonyl (C=O) groups is 2. The normalized spacial score (nSPS) is 12.4. The summed E-state index contributed by atoms with van der Waals surface area (Å²) < 4.78 is 12.4. The Morgan fingerprint density at radius 1 is 1.29 bits per heavy atom. The molecule has 2 aromatic rings. The lowest BCUT2D eigenvalue weighted by Crippen LogP contribution is -2.31. The van der Waals surface area contributed by atoms with Crippen LogP contribution in [-0.4, -0.2) is 34.9 Å². The first-order chi connectivity index (χ1) is 11.5. The highest BCUT2D eigenvalue weighted by molar-refractivity contribution is 5.98. The van der Waals surface area contributed by atoms with Gasteiger partial charge in [-0.05, 0) is 13.0 Å². The van der Waals surface area contributed by atoms with Gasteiger partial charge in [-0.1, -0.05) is 0 Å². The first-order valence-corrected chi connectivity index (χ1v) is 7.48. The van der Waals surface area contributed by atoms with Crippen LogP contribution in [0.1, 0.15) is 23.7 Å². The number of carboxylic acid groups (broad SMARTS) is 1. The molecule has 0 saturated carbocycles. The number of fused-ring (bicyclic) bond motifs is 2. The van der Waals surface area contributed by atoms with E-state index in [-0.39, 0.29) is 25.3 Å². The monoisotopic (exact) mass is 332 g/mol. The van der Waals surface area contributed by atoms with Crippen LogP contribution in [0.15, 0.2) is 23.1 Å². The van der Waals surface area contributed by atoms with Crippen LogP contribution in [0.2, 0.25) is 0 Å². The van der Waals surface area contributed by atoms with Crippen molar-refractivity contribution < 1.29 is 24.2 Å². The fraction of sp³-hybridized carbons (Fsp3) is 0.312. The highest BCUT2D eigenvalue weighted by atomic mass is 16.7. The van der Waals surface area contributed by atoms with Gasteiger partial charge >= 0.3 is 5.97 Å². The summed E-state index contributed by atoms with van der Waals surface area (Å²) in [6.07, 6.45) is 1.27. The topological polar surface area (TPSA) is 107 Å². The van der Waals surface area contributed by atoms with Crippen molar-refractivity contribution in [1.82, 2.24) is 9.88 Å². The van der Waals surface area contributed by atoms with E-state index in [1.807, 2.05) is 6.92 Å². The third-order valence-electron chi connectivity index (χ3n) is 3.78. The van der Waals surface area contributed by atoms with E-state index in [0.717, 1.165) is 0 Å². The van der Waals surface area contributed by atoms with E-state index in [1.54, 1.807) is 16.7 Å². The van der Waals surface area contributed by atoms with Gasteiger partial charge in [-0.2, -0.15) is 0 Å². The van der Waals surface area contributed by atoms with Crippen LogP contribution < -0.4 is 20.2 Å². The summed E-state index contributed by atoms with van der Waals surface area (Å²) >= 11 is 0. The number of pyridine rings is 1. The van der Waals surface area contributed by atoms with Gasteiger partial charge < -0.3 is 24.5 Å². The predicted octanol–water partition coefficient (Wildman–Crippen LogP) is 0.955. The molecule has 126 valence electrons. The van der Waals surface area contributed by atoms with E-state index in [1.165, 1.54) is 6.20 Å². The number of aromatic nitrogens is 1. The number of hydrogen-bond acceptors (Lipinski definition) is 5. The number of aliphatic carboxylic acids is 1. The summed E-state index contributed by atoms with van der Waals surface area (Å²) in [4.78, 5) is 35.4. The Hall–Kier alpha value is -3.03. The molecule has 1 aromatic heterocycles. The van der Waals surface area contributed by atoms with Gasteiger partial charge in [-0.3, -0.25) is 14.4 Å². The Bertz CT molecular complexity index is 886. The lowest BCUT2D eigenvalue weighted by Gasteiger charge is -2.12. The van der Waals surface area contributed by atoms with Crippen molar-refractivity contribution >= 4 is 22.8 Å². The number of nitrogens with zero attached hydrogens (tertiary/aromatic N) is 1. The lowest BCUT2D eigenvalue weighted by molar-refractivity contribution is -0.136. The molecular formula is C16H16N2O6. The predicted molar refractivity (Wildman–Crippen MR) is 84.6 cm³/mol. The molecule has 1 aromatic carbocycles. The highest BCUT2D eigenvalue weighted by Gasteiger charge is 2.20. The van der Waals surface area contributed by atoms with Crippen LogP contribution in [0.5, 0.6) is 11.5 Å². The van der Waals surface area contributed by atoms with Crippen molar-refractivity contribution in [1.29, 1.82) is 0 Å². The molecule has 8 heteroatoms. The molecule has 24 heavy (non-hydrogen) atoms. The van der Waals surface area contributed by atoms with Gasteiger partial charge in [0.2, 0.25) is 12.2 Å². The molecular weight excluding hydrogens is 316 g/mol. The average Bonchev–Trinajstić information content (AvgIpc) is 3.00. The zero-order chi connectivity index (χ0) is 17.3. The molecule has 1 aliphatic heterocycles. The summed E-state index contributed by atoms with van der Waals surface area (Å²) in [7, 11) is 0. The van der Waals surface area contributed by atoms with Crippen LogP contribution in [0.25, 0.3) is 10.9 Å². The van der Waals surface area contributed by atoms with Crippen molar-refractivity contribution in [3.63, 3.8) is 0 Å². The summed E-state index contributed by atoms with van der Waals surface area (Å²) in [5.41, 5.74) is 0.184. The highest BCUT2D eigenvalue weighted by Crippen LogP contribution is 2.35. The fourth-order valence-corrected chi connectivity index (χ4v) is 2.58. The van der Waals surface area contributed by atoms with Gasteiger partial charge in [-0.25, -0.2) is 0 Å². The number of carboxylic acids is 1. The first-order valence-electron chi connectivity index (χ1n) is 7.48. The molecule has 0 saturated heterocycles. The molecule has 0 atom stereocenters. The number of carbonyl (C=O) groups excluding carboxylic acids is 1. The van der Waals surface area contributed by atoms with E-state index in [4.69, 9.17) is 14.6 Å². The molecule has 3 rings (SSSR count). The van der Waals surface area contributed by atoms with Gasteiger partial charge in [0.1, 0.15) is 5.56 Å². The second-order valence-corrected chi connectivity index (χ2v) is 5.28. The van der Waals surface area contributed by atoms with Crippen molar-refractivity contribution in [3.8, 4) is 11.5 Å². The van der Waals surface area contributed by atoms with Gasteiger partial charge in [0.15, 0.2) is 11.5 Å².